The van der Waals surface area contributed by atoms with Gasteiger partial charge in [0.1, 0.15) is 0 Å². The van der Waals surface area contributed by atoms with Crippen LogP contribution in [0.5, 0.6) is 0 Å². The maximum absolute atomic E-state index is 2.46. The molecule has 0 N–H and O–H groups in total. The predicted molar refractivity (Wildman–Crippen MR) is 76.8 cm³/mol. The quantitative estimate of drug-likeness (QED) is 0.344. The number of unbranched alkanes of at least 4 members (excludes halogenated alkanes) is 8. The van der Waals surface area contributed by atoms with Crippen molar-refractivity contribution in [3.8, 4) is 0 Å². The van der Waals surface area contributed by atoms with Crippen LogP contribution in [0.15, 0.2) is 0 Å². The molecule has 0 heterocycles. The fourth-order valence-corrected chi connectivity index (χ4v) is 2.97. The zero-order valence-corrected chi connectivity index (χ0v) is 13.0. The average Bonchev–Trinajstić information content (AvgIpc) is 2.15. The highest BCUT2D eigenvalue weighted by atomic mass is 35.5. The van der Waals surface area contributed by atoms with Gasteiger partial charge in [-0.15, -0.1) is 24.0 Å². The van der Waals surface area contributed by atoms with Gasteiger partial charge in [-0.05, 0) is 0 Å². The first kappa shape index (κ1) is 18.2. The molecule has 92 valence electrons. The third-order valence-corrected chi connectivity index (χ3v) is 4.45. The maximum Gasteiger partial charge on any atom is 0.255 e. The van der Waals surface area contributed by atoms with E-state index in [2.05, 4.69) is 18.5 Å². The van der Waals surface area contributed by atoms with E-state index in [1.165, 1.54) is 57.8 Å². The lowest BCUT2D eigenvalue weighted by Crippen LogP contribution is -1.97. The van der Waals surface area contributed by atoms with Crippen LogP contribution in [-0.4, -0.2) is 14.1 Å². The molecule has 0 atom stereocenters. The van der Waals surface area contributed by atoms with E-state index in [0.717, 1.165) is 0 Å². The zero-order valence-electron chi connectivity index (χ0n) is 11.1. The summed E-state index contributed by atoms with van der Waals surface area (Å²) in [6.07, 6.45) is 13.2. The molecular weight excluding hydrogens is 219 g/mol. The van der Waals surface area contributed by atoms with Crippen LogP contribution in [-0.2, 0) is 0 Å². The highest BCUT2D eigenvalue weighted by molar-refractivity contribution is 6.55. The molecule has 0 amide bonds. The topological polar surface area (TPSA) is 0 Å². The standard InChI is InChI=1S/C11H23.2CH3.Al.ClH/c1-3-5-7-9-11-10-8-6-4-2;;;;/h1,3-11H2,2H3;2*1H3;;1H. The molecule has 15 heavy (non-hydrogen) atoms. The van der Waals surface area contributed by atoms with E-state index in [0.29, 0.717) is 0 Å². The summed E-state index contributed by atoms with van der Waals surface area (Å²) in [5, 5.41) is 1.57. The van der Waals surface area contributed by atoms with Crippen LogP contribution in [0.25, 0.3) is 0 Å². The molecule has 0 fully saturated rings. The van der Waals surface area contributed by atoms with E-state index >= 15 is 0 Å². The second-order valence-electron chi connectivity index (χ2n) is 5.01. The Hall–Kier alpha value is 0.822. The van der Waals surface area contributed by atoms with Crippen LogP contribution in [0.2, 0.25) is 16.9 Å². The van der Waals surface area contributed by atoms with Gasteiger partial charge >= 0.3 is 0 Å². The Labute approximate surface area is 108 Å². The molecule has 0 saturated heterocycles. The molecule has 0 rings (SSSR count). The van der Waals surface area contributed by atoms with E-state index in [4.69, 9.17) is 0 Å². The van der Waals surface area contributed by atoms with Crippen LogP contribution in [0.4, 0.5) is 0 Å². The second kappa shape index (κ2) is 14.8. The van der Waals surface area contributed by atoms with Crippen molar-refractivity contribution in [1.82, 2.24) is 0 Å². The molecule has 0 aromatic heterocycles. The third kappa shape index (κ3) is 17.4. The molecule has 0 unspecified atom stereocenters. The van der Waals surface area contributed by atoms with Crippen LogP contribution >= 0.6 is 12.4 Å². The SMILES string of the molecule is CCCCCCCCCC[CH2][Al]([CH3])[CH3].Cl. The summed E-state index contributed by atoms with van der Waals surface area (Å²) >= 11 is -0.245. The van der Waals surface area contributed by atoms with E-state index in [1.807, 2.05) is 0 Å². The van der Waals surface area contributed by atoms with Crippen LogP contribution in [0.1, 0.15) is 64.7 Å². The van der Waals surface area contributed by atoms with Crippen molar-refractivity contribution in [2.75, 3.05) is 0 Å². The fourth-order valence-electron chi connectivity index (χ4n) is 1.86. The first-order valence-corrected chi connectivity index (χ1v) is 9.90. The van der Waals surface area contributed by atoms with Gasteiger partial charge in [0, 0.05) is 0 Å². The second-order valence-corrected chi connectivity index (χ2v) is 8.38. The molecule has 0 aliphatic rings. The molecule has 0 radical (unpaired) electrons. The minimum Gasteiger partial charge on any atom is -0.147 e. The Balaban J connectivity index is 0. The van der Waals surface area contributed by atoms with Crippen molar-refractivity contribution in [3.63, 3.8) is 0 Å². The van der Waals surface area contributed by atoms with Gasteiger partial charge in [-0.1, -0.05) is 70.0 Å². The van der Waals surface area contributed by atoms with Gasteiger partial charge < -0.3 is 0 Å². The van der Waals surface area contributed by atoms with Gasteiger partial charge in [0.2, 0.25) is 0 Å². The summed E-state index contributed by atoms with van der Waals surface area (Å²) in [5.41, 5.74) is 0. The van der Waals surface area contributed by atoms with E-state index in [-0.39, 0.29) is 26.6 Å². The molecule has 0 aromatic carbocycles. The summed E-state index contributed by atoms with van der Waals surface area (Å²) in [7, 11) is 0. The number of rotatable bonds is 10. The number of halogens is 1. The third-order valence-electron chi connectivity index (χ3n) is 2.89. The maximum atomic E-state index is 2.46. The van der Waals surface area contributed by atoms with Crippen LogP contribution in [0.3, 0.4) is 0 Å². The number of hydrogen-bond donors (Lipinski definition) is 0. The summed E-state index contributed by atoms with van der Waals surface area (Å²) in [6, 6.07) is 0. The Morgan fingerprint density at radius 2 is 1.07 bits per heavy atom. The zero-order chi connectivity index (χ0) is 10.6. The van der Waals surface area contributed by atoms with Gasteiger partial charge in [0.05, 0.1) is 0 Å². The molecule has 0 bridgehead atoms. The summed E-state index contributed by atoms with van der Waals surface area (Å²) < 4.78 is 0. The fraction of sp³-hybridized carbons (Fsp3) is 1.00. The lowest BCUT2D eigenvalue weighted by atomic mass is 10.1. The van der Waals surface area contributed by atoms with E-state index in [9.17, 15) is 0 Å². The van der Waals surface area contributed by atoms with E-state index in [1.54, 1.807) is 5.28 Å². The summed E-state index contributed by atoms with van der Waals surface area (Å²) in [5.74, 6) is 4.93. The van der Waals surface area contributed by atoms with Gasteiger partial charge in [-0.2, -0.15) is 0 Å². The molecule has 0 saturated carbocycles. The van der Waals surface area contributed by atoms with Gasteiger partial charge in [-0.25, -0.2) is 0 Å². The van der Waals surface area contributed by atoms with Crippen molar-refractivity contribution in [2.45, 2.75) is 81.6 Å². The van der Waals surface area contributed by atoms with Crippen LogP contribution in [0, 0.1) is 0 Å². The van der Waals surface area contributed by atoms with Crippen molar-refractivity contribution in [1.29, 1.82) is 0 Å². The smallest absolute Gasteiger partial charge is 0.147 e. The Morgan fingerprint density at radius 1 is 0.667 bits per heavy atom. The Bertz CT molecular complexity index is 105. The van der Waals surface area contributed by atoms with Gasteiger partial charge in [0.25, 0.3) is 14.1 Å². The predicted octanol–water partition coefficient (Wildman–Crippen LogP) is 5.69. The van der Waals surface area contributed by atoms with Gasteiger partial charge in [0.15, 0.2) is 0 Å². The van der Waals surface area contributed by atoms with Gasteiger partial charge in [-0.3, -0.25) is 0 Å². The summed E-state index contributed by atoms with van der Waals surface area (Å²) in [4.78, 5) is 0. The highest BCUT2D eigenvalue weighted by Gasteiger charge is 2.00. The first-order chi connectivity index (χ1) is 6.77. The molecule has 0 aromatic rings. The number of hydrogen-bond acceptors (Lipinski definition) is 0. The molecule has 0 spiro atoms. The molecular formula is C13H30AlCl. The lowest BCUT2D eigenvalue weighted by Gasteiger charge is -2.02. The molecule has 0 nitrogen and oxygen atoms in total. The molecule has 2 heteroatoms. The van der Waals surface area contributed by atoms with Crippen molar-refractivity contribution < 1.29 is 0 Å². The first-order valence-electron chi connectivity index (χ1n) is 6.77. The summed E-state index contributed by atoms with van der Waals surface area (Å²) in [6.45, 7) is 2.29. The molecule has 0 aliphatic carbocycles. The minimum absolute atomic E-state index is 0. The highest BCUT2D eigenvalue weighted by Crippen LogP contribution is 2.11. The van der Waals surface area contributed by atoms with Crippen molar-refractivity contribution >= 4 is 26.6 Å². The minimum atomic E-state index is -0.245. The average molecular weight is 249 g/mol. The van der Waals surface area contributed by atoms with Crippen molar-refractivity contribution in [2.24, 2.45) is 0 Å². The monoisotopic (exact) mass is 248 g/mol. The normalized spacial score (nSPS) is 9.80. The molecule has 0 aliphatic heterocycles. The van der Waals surface area contributed by atoms with Crippen molar-refractivity contribution in [3.05, 3.63) is 0 Å². The lowest BCUT2D eigenvalue weighted by molar-refractivity contribution is 0.572. The Morgan fingerprint density at radius 3 is 1.47 bits per heavy atom. The Kier molecular flexibility index (Phi) is 18.0. The van der Waals surface area contributed by atoms with Crippen LogP contribution < -0.4 is 0 Å². The largest absolute Gasteiger partial charge is 0.255 e. The van der Waals surface area contributed by atoms with E-state index < -0.39 is 0 Å².